The second-order valence-electron chi connectivity index (χ2n) is 5.59. The zero-order valence-corrected chi connectivity index (χ0v) is 14.1. The number of aryl methyl sites for hydroxylation is 2. The zero-order chi connectivity index (χ0) is 17.5. The smallest absolute Gasteiger partial charge is 0.387 e. The average molecular weight is 334 g/mol. The van der Waals surface area contributed by atoms with Gasteiger partial charge in [-0.2, -0.15) is 8.78 Å². The molecule has 2 aromatic carbocycles. The lowest BCUT2D eigenvalue weighted by Crippen LogP contribution is -2.11. The predicted octanol–water partition coefficient (Wildman–Crippen LogP) is 4.51. The molecule has 3 rings (SSSR count). The first kappa shape index (κ1) is 18.2. The molecular weight excluding hydrogens is 310 g/mol. The maximum Gasteiger partial charge on any atom is 0.387 e. The Balaban J connectivity index is 0.00000100. The van der Waals surface area contributed by atoms with E-state index in [9.17, 15) is 8.78 Å². The summed E-state index contributed by atoms with van der Waals surface area (Å²) in [5.74, 6) is 0.178. The highest BCUT2D eigenvalue weighted by Gasteiger charge is 2.12. The van der Waals surface area contributed by atoms with Gasteiger partial charge >= 0.3 is 6.61 Å². The zero-order valence-electron chi connectivity index (χ0n) is 14.1. The summed E-state index contributed by atoms with van der Waals surface area (Å²) in [4.78, 5) is 2.06. The molecule has 24 heavy (non-hydrogen) atoms. The molecule has 0 bridgehead atoms. The number of rotatable bonds is 4. The predicted molar refractivity (Wildman–Crippen MR) is 94.3 cm³/mol. The van der Waals surface area contributed by atoms with Crippen LogP contribution in [-0.4, -0.2) is 20.7 Å². The average Bonchev–Trinajstić information content (AvgIpc) is 2.62. The van der Waals surface area contributed by atoms with Crippen LogP contribution in [0.3, 0.4) is 0 Å². The van der Waals surface area contributed by atoms with Crippen LogP contribution in [0.1, 0.15) is 24.0 Å². The van der Waals surface area contributed by atoms with Crippen LogP contribution in [0.25, 0.3) is 0 Å². The van der Waals surface area contributed by atoms with Crippen molar-refractivity contribution in [2.45, 2.75) is 32.3 Å². The Labute approximate surface area is 142 Å². The summed E-state index contributed by atoms with van der Waals surface area (Å²) in [6, 6.07) is 13.3. The molecule has 2 N–H and O–H groups in total. The van der Waals surface area contributed by atoms with Gasteiger partial charge in [0, 0.05) is 18.4 Å². The van der Waals surface area contributed by atoms with E-state index >= 15 is 0 Å². The van der Waals surface area contributed by atoms with E-state index in [1.54, 1.807) is 24.3 Å². The van der Waals surface area contributed by atoms with Gasteiger partial charge in [-0.15, -0.1) is 0 Å². The van der Waals surface area contributed by atoms with E-state index in [1.165, 1.54) is 37.4 Å². The van der Waals surface area contributed by atoms with Crippen molar-refractivity contribution in [1.29, 1.82) is 0 Å². The maximum absolute atomic E-state index is 12.2. The third-order valence-electron chi connectivity index (χ3n) is 4.17. The Kier molecular flexibility index (Phi) is 6.55. The van der Waals surface area contributed by atoms with Crippen LogP contribution in [-0.2, 0) is 12.8 Å². The second-order valence-corrected chi connectivity index (χ2v) is 5.59. The van der Waals surface area contributed by atoms with E-state index < -0.39 is 6.61 Å². The lowest BCUT2D eigenvalue weighted by Gasteiger charge is -2.23. The van der Waals surface area contributed by atoms with Crippen molar-refractivity contribution in [3.63, 3.8) is 0 Å². The first-order valence-electron chi connectivity index (χ1n) is 8.11. The molecular formula is C19H24F2N2O. The lowest BCUT2D eigenvalue weighted by molar-refractivity contribution is -0.0498. The molecule has 0 aromatic heterocycles. The van der Waals surface area contributed by atoms with E-state index in [1.807, 2.05) is 7.05 Å². The number of nitrogens with zero attached hydrogens (tertiary/aromatic N) is 1. The molecule has 3 nitrogen and oxygen atoms in total. The molecule has 0 saturated heterocycles. The van der Waals surface area contributed by atoms with Gasteiger partial charge in [-0.05, 0) is 80.3 Å². The number of hydrogen-bond acceptors (Lipinski definition) is 3. The van der Waals surface area contributed by atoms with Crippen molar-refractivity contribution < 1.29 is 13.5 Å². The van der Waals surface area contributed by atoms with Crippen molar-refractivity contribution in [3.8, 4) is 5.75 Å². The quantitative estimate of drug-likeness (QED) is 0.894. The molecule has 0 saturated carbocycles. The minimum Gasteiger partial charge on any atom is -0.435 e. The Morgan fingerprint density at radius 3 is 2.12 bits per heavy atom. The molecule has 0 unspecified atom stereocenters. The Morgan fingerprint density at radius 1 is 0.917 bits per heavy atom. The molecule has 130 valence electrons. The van der Waals surface area contributed by atoms with Crippen molar-refractivity contribution in [2.24, 2.45) is 5.73 Å². The summed E-state index contributed by atoms with van der Waals surface area (Å²) in [6.45, 7) is -2.79. The van der Waals surface area contributed by atoms with E-state index in [2.05, 4.69) is 33.6 Å². The van der Waals surface area contributed by atoms with Crippen LogP contribution in [0.2, 0.25) is 0 Å². The molecule has 1 aliphatic carbocycles. The number of fused-ring (bicyclic) bond motifs is 1. The van der Waals surface area contributed by atoms with Gasteiger partial charge in [0.05, 0.1) is 0 Å². The third kappa shape index (κ3) is 4.45. The first-order chi connectivity index (χ1) is 11.6. The SMILES string of the molecule is CN.CN(c1ccc(OC(F)F)cc1)c1ccc2c(c1)CCCC2. The van der Waals surface area contributed by atoms with Gasteiger partial charge < -0.3 is 15.4 Å². The van der Waals surface area contributed by atoms with E-state index in [0.717, 1.165) is 17.8 Å². The minimum absolute atomic E-state index is 0.178. The molecule has 0 spiro atoms. The van der Waals surface area contributed by atoms with Gasteiger partial charge in [0.15, 0.2) is 0 Å². The third-order valence-corrected chi connectivity index (χ3v) is 4.17. The molecule has 0 aliphatic heterocycles. The number of benzene rings is 2. The van der Waals surface area contributed by atoms with Crippen LogP contribution in [0.4, 0.5) is 20.2 Å². The summed E-state index contributed by atoms with van der Waals surface area (Å²) < 4.78 is 28.7. The van der Waals surface area contributed by atoms with Gasteiger partial charge in [-0.3, -0.25) is 0 Å². The van der Waals surface area contributed by atoms with Crippen LogP contribution in [0, 0.1) is 0 Å². The minimum atomic E-state index is -2.79. The van der Waals surface area contributed by atoms with Gasteiger partial charge in [-0.25, -0.2) is 0 Å². The summed E-state index contributed by atoms with van der Waals surface area (Å²) in [5, 5.41) is 0. The normalized spacial score (nSPS) is 12.9. The number of ether oxygens (including phenoxy) is 1. The molecule has 0 atom stereocenters. The van der Waals surface area contributed by atoms with Crippen LogP contribution in [0.15, 0.2) is 42.5 Å². The topological polar surface area (TPSA) is 38.5 Å². The summed E-state index contributed by atoms with van der Waals surface area (Å²) in [5.41, 5.74) is 9.43. The molecule has 5 heteroatoms. The van der Waals surface area contributed by atoms with Crippen molar-refractivity contribution in [2.75, 3.05) is 19.0 Å². The van der Waals surface area contributed by atoms with Crippen LogP contribution in [0.5, 0.6) is 5.75 Å². The Hall–Kier alpha value is -2.14. The molecule has 2 aromatic rings. The highest BCUT2D eigenvalue weighted by atomic mass is 19.3. The molecule has 0 fully saturated rings. The molecule has 0 amide bonds. The summed E-state index contributed by atoms with van der Waals surface area (Å²) >= 11 is 0. The molecule has 1 aliphatic rings. The van der Waals surface area contributed by atoms with Crippen LogP contribution < -0.4 is 15.4 Å². The van der Waals surface area contributed by atoms with Gasteiger partial charge in [0.1, 0.15) is 5.75 Å². The first-order valence-corrected chi connectivity index (χ1v) is 8.11. The van der Waals surface area contributed by atoms with E-state index in [4.69, 9.17) is 0 Å². The van der Waals surface area contributed by atoms with E-state index in [0.29, 0.717) is 0 Å². The van der Waals surface area contributed by atoms with Crippen molar-refractivity contribution in [3.05, 3.63) is 53.6 Å². The van der Waals surface area contributed by atoms with Crippen molar-refractivity contribution >= 4 is 11.4 Å². The number of hydrogen-bond donors (Lipinski definition) is 1. The van der Waals surface area contributed by atoms with Crippen LogP contribution >= 0.6 is 0 Å². The van der Waals surface area contributed by atoms with Gasteiger partial charge in [0.25, 0.3) is 0 Å². The molecule has 0 heterocycles. The Bertz CT molecular complexity index is 644. The second kappa shape index (κ2) is 8.64. The summed E-state index contributed by atoms with van der Waals surface area (Å²) in [7, 11) is 3.48. The number of nitrogens with two attached hydrogens (primary N) is 1. The van der Waals surface area contributed by atoms with E-state index in [-0.39, 0.29) is 5.75 Å². The molecule has 0 radical (unpaired) electrons. The number of alkyl halides is 2. The highest BCUT2D eigenvalue weighted by molar-refractivity contribution is 5.64. The maximum atomic E-state index is 12.2. The van der Waals surface area contributed by atoms with Crippen molar-refractivity contribution in [1.82, 2.24) is 0 Å². The monoisotopic (exact) mass is 334 g/mol. The summed E-state index contributed by atoms with van der Waals surface area (Å²) in [6.07, 6.45) is 4.82. The fraction of sp³-hybridized carbons (Fsp3) is 0.368. The number of anilines is 2. The lowest BCUT2D eigenvalue weighted by atomic mass is 9.91. The fourth-order valence-electron chi connectivity index (χ4n) is 2.93. The fourth-order valence-corrected chi connectivity index (χ4v) is 2.93. The Morgan fingerprint density at radius 2 is 1.50 bits per heavy atom. The van der Waals surface area contributed by atoms with Gasteiger partial charge in [0.2, 0.25) is 0 Å². The highest BCUT2D eigenvalue weighted by Crippen LogP contribution is 2.30. The largest absolute Gasteiger partial charge is 0.435 e. The van der Waals surface area contributed by atoms with Gasteiger partial charge in [-0.1, -0.05) is 6.07 Å². The standard InChI is InChI=1S/C18H19F2NO.CH5N/c1-21(15-8-10-17(11-9-15)22-18(19)20)16-7-6-13-4-2-3-5-14(13)12-16;1-2/h6-12,18H,2-5H2,1H3;2H2,1H3. The number of halogens is 2.